The summed E-state index contributed by atoms with van der Waals surface area (Å²) in [5.41, 5.74) is 2.72. The average Bonchev–Trinajstić information content (AvgIpc) is 3.26. The molecule has 0 fully saturated rings. The summed E-state index contributed by atoms with van der Waals surface area (Å²) in [6.45, 7) is 2.08. The standard InChI is InChI=1S/C25H23FN4O2S/c1-2-18-10-6-8-14-21(18)27-24(31)17-33-25-29-28-23(30(25)19-11-4-3-5-12-19)16-32-22-15-9-7-13-20(22)26/h3-15H,2,16-17H2,1H3,(H,27,31). The van der Waals surface area contributed by atoms with Gasteiger partial charge in [-0.05, 0) is 42.3 Å². The maximum absolute atomic E-state index is 13.9. The van der Waals surface area contributed by atoms with Crippen molar-refractivity contribution in [1.29, 1.82) is 0 Å². The summed E-state index contributed by atoms with van der Waals surface area (Å²) in [6, 6.07) is 23.5. The molecule has 0 saturated heterocycles. The lowest BCUT2D eigenvalue weighted by Crippen LogP contribution is -2.16. The highest BCUT2D eigenvalue weighted by atomic mass is 32.2. The quantitative estimate of drug-likeness (QED) is 0.343. The number of para-hydroxylation sites is 3. The molecule has 1 heterocycles. The number of nitrogens with one attached hydrogen (secondary N) is 1. The number of hydrogen-bond donors (Lipinski definition) is 1. The first-order valence-electron chi connectivity index (χ1n) is 10.5. The van der Waals surface area contributed by atoms with Crippen LogP contribution in [0, 0.1) is 5.82 Å². The molecule has 33 heavy (non-hydrogen) atoms. The predicted octanol–water partition coefficient (Wildman–Crippen LogP) is 5.28. The molecule has 0 atom stereocenters. The first kappa shape index (κ1) is 22.5. The molecule has 1 N–H and O–H groups in total. The highest BCUT2D eigenvalue weighted by molar-refractivity contribution is 7.99. The molecule has 3 aromatic carbocycles. The minimum Gasteiger partial charge on any atom is -0.483 e. The molecule has 0 radical (unpaired) electrons. The second-order valence-corrected chi connectivity index (χ2v) is 8.08. The number of anilines is 1. The fourth-order valence-electron chi connectivity index (χ4n) is 3.29. The van der Waals surface area contributed by atoms with Crippen LogP contribution >= 0.6 is 11.8 Å². The average molecular weight is 463 g/mol. The maximum atomic E-state index is 13.9. The van der Waals surface area contributed by atoms with Gasteiger partial charge in [0.05, 0.1) is 5.75 Å². The number of amides is 1. The minimum atomic E-state index is -0.443. The lowest BCUT2D eigenvalue weighted by atomic mass is 10.1. The van der Waals surface area contributed by atoms with Gasteiger partial charge in [0.2, 0.25) is 5.91 Å². The van der Waals surface area contributed by atoms with Gasteiger partial charge in [-0.3, -0.25) is 9.36 Å². The summed E-state index contributed by atoms with van der Waals surface area (Å²) in [6.07, 6.45) is 0.831. The van der Waals surface area contributed by atoms with Gasteiger partial charge in [0.15, 0.2) is 22.5 Å². The van der Waals surface area contributed by atoms with Crippen molar-refractivity contribution >= 4 is 23.4 Å². The van der Waals surface area contributed by atoms with E-state index in [2.05, 4.69) is 15.5 Å². The Bertz CT molecular complexity index is 1230. The highest BCUT2D eigenvalue weighted by Crippen LogP contribution is 2.24. The molecule has 0 aliphatic heterocycles. The fraction of sp³-hybridized carbons (Fsp3) is 0.160. The van der Waals surface area contributed by atoms with Crippen molar-refractivity contribution in [2.75, 3.05) is 11.1 Å². The van der Waals surface area contributed by atoms with Crippen LogP contribution in [0.25, 0.3) is 5.69 Å². The van der Waals surface area contributed by atoms with Gasteiger partial charge in [-0.25, -0.2) is 4.39 Å². The van der Waals surface area contributed by atoms with E-state index in [-0.39, 0.29) is 24.0 Å². The normalized spacial score (nSPS) is 10.7. The molecule has 0 saturated carbocycles. The third kappa shape index (κ3) is 5.59. The van der Waals surface area contributed by atoms with Crippen molar-refractivity contribution in [3.8, 4) is 11.4 Å². The van der Waals surface area contributed by atoms with Gasteiger partial charge in [-0.15, -0.1) is 10.2 Å². The first-order chi connectivity index (χ1) is 16.2. The largest absolute Gasteiger partial charge is 0.483 e. The fourth-order valence-corrected chi connectivity index (χ4v) is 4.07. The number of nitrogens with zero attached hydrogens (tertiary/aromatic N) is 3. The van der Waals surface area contributed by atoms with Gasteiger partial charge in [0.25, 0.3) is 0 Å². The summed E-state index contributed by atoms with van der Waals surface area (Å²) < 4.78 is 21.4. The van der Waals surface area contributed by atoms with Crippen LogP contribution in [0.2, 0.25) is 0 Å². The Morgan fingerprint density at radius 3 is 2.52 bits per heavy atom. The zero-order chi connectivity index (χ0) is 23.0. The maximum Gasteiger partial charge on any atom is 0.234 e. The zero-order valence-electron chi connectivity index (χ0n) is 18.1. The third-order valence-electron chi connectivity index (χ3n) is 4.91. The second-order valence-electron chi connectivity index (χ2n) is 7.14. The Morgan fingerprint density at radius 1 is 1.00 bits per heavy atom. The van der Waals surface area contributed by atoms with E-state index in [1.165, 1.54) is 17.8 Å². The van der Waals surface area contributed by atoms with Crippen LogP contribution in [0.5, 0.6) is 5.75 Å². The van der Waals surface area contributed by atoms with Gasteiger partial charge in [-0.2, -0.15) is 0 Å². The van der Waals surface area contributed by atoms with E-state index < -0.39 is 5.82 Å². The van der Waals surface area contributed by atoms with Gasteiger partial charge in [-0.1, -0.05) is 67.2 Å². The Kier molecular flexibility index (Phi) is 7.36. The van der Waals surface area contributed by atoms with Crippen molar-refractivity contribution in [3.63, 3.8) is 0 Å². The zero-order valence-corrected chi connectivity index (χ0v) is 18.9. The van der Waals surface area contributed by atoms with E-state index >= 15 is 0 Å². The van der Waals surface area contributed by atoms with Crippen LogP contribution in [0.3, 0.4) is 0 Å². The van der Waals surface area contributed by atoms with Crippen LogP contribution < -0.4 is 10.1 Å². The molecule has 0 bridgehead atoms. The number of rotatable bonds is 9. The van der Waals surface area contributed by atoms with Crippen LogP contribution in [-0.4, -0.2) is 26.4 Å². The molecular formula is C25H23FN4O2S. The Morgan fingerprint density at radius 2 is 1.73 bits per heavy atom. The smallest absolute Gasteiger partial charge is 0.234 e. The van der Waals surface area contributed by atoms with E-state index in [0.29, 0.717) is 11.0 Å². The summed E-state index contributed by atoms with van der Waals surface area (Å²) in [5.74, 6) is 0.235. The molecule has 0 spiro atoms. The van der Waals surface area contributed by atoms with E-state index in [9.17, 15) is 9.18 Å². The van der Waals surface area contributed by atoms with E-state index in [4.69, 9.17) is 4.74 Å². The number of hydrogen-bond acceptors (Lipinski definition) is 5. The molecule has 0 unspecified atom stereocenters. The number of halogens is 1. The second kappa shape index (κ2) is 10.8. The van der Waals surface area contributed by atoms with Crippen molar-refractivity contribution < 1.29 is 13.9 Å². The van der Waals surface area contributed by atoms with Gasteiger partial charge >= 0.3 is 0 Å². The lowest BCUT2D eigenvalue weighted by molar-refractivity contribution is -0.113. The predicted molar refractivity (Wildman–Crippen MR) is 127 cm³/mol. The molecule has 1 amide bonds. The number of aromatic nitrogens is 3. The minimum absolute atomic E-state index is 0.0272. The monoisotopic (exact) mass is 462 g/mol. The Labute approximate surface area is 195 Å². The van der Waals surface area contributed by atoms with Gasteiger partial charge in [0, 0.05) is 11.4 Å². The van der Waals surface area contributed by atoms with Crippen molar-refractivity contribution in [2.45, 2.75) is 25.1 Å². The van der Waals surface area contributed by atoms with Gasteiger partial charge in [0.1, 0.15) is 6.61 Å². The van der Waals surface area contributed by atoms with Crippen LogP contribution in [0.1, 0.15) is 18.3 Å². The number of ether oxygens (including phenoxy) is 1. The molecule has 8 heteroatoms. The number of aryl methyl sites for hydroxylation is 1. The summed E-state index contributed by atoms with van der Waals surface area (Å²) in [4.78, 5) is 12.6. The van der Waals surface area contributed by atoms with Crippen molar-refractivity contribution in [2.24, 2.45) is 0 Å². The van der Waals surface area contributed by atoms with E-state index in [0.717, 1.165) is 23.4 Å². The topological polar surface area (TPSA) is 69.0 Å². The Hall–Kier alpha value is -3.65. The molecule has 1 aromatic heterocycles. The van der Waals surface area contributed by atoms with Crippen molar-refractivity contribution in [3.05, 3.63) is 96.1 Å². The number of carbonyl (C=O) groups is 1. The van der Waals surface area contributed by atoms with E-state index in [1.807, 2.05) is 66.1 Å². The van der Waals surface area contributed by atoms with Crippen LogP contribution in [0.4, 0.5) is 10.1 Å². The van der Waals surface area contributed by atoms with Crippen LogP contribution in [0.15, 0.2) is 84.0 Å². The summed E-state index contributed by atoms with van der Waals surface area (Å²) in [7, 11) is 0. The molecule has 4 aromatic rings. The number of thioether (sulfide) groups is 1. The third-order valence-corrected chi connectivity index (χ3v) is 5.84. The SMILES string of the molecule is CCc1ccccc1NC(=O)CSc1nnc(COc2ccccc2F)n1-c1ccccc1. The highest BCUT2D eigenvalue weighted by Gasteiger charge is 2.17. The molecular weight excluding hydrogens is 439 g/mol. The van der Waals surface area contributed by atoms with Gasteiger partial charge < -0.3 is 10.1 Å². The number of benzene rings is 3. The molecule has 168 valence electrons. The molecule has 0 aliphatic rings. The van der Waals surface area contributed by atoms with Crippen LogP contribution in [-0.2, 0) is 17.8 Å². The Balaban J connectivity index is 1.50. The molecule has 0 aliphatic carbocycles. The number of carbonyl (C=O) groups excluding carboxylic acids is 1. The lowest BCUT2D eigenvalue weighted by Gasteiger charge is -2.12. The first-order valence-corrected chi connectivity index (χ1v) is 11.5. The molecule has 4 rings (SSSR count). The van der Waals surface area contributed by atoms with E-state index in [1.54, 1.807) is 18.2 Å². The summed E-state index contributed by atoms with van der Waals surface area (Å²) >= 11 is 1.28. The summed E-state index contributed by atoms with van der Waals surface area (Å²) in [5, 5.41) is 12.0. The molecule has 6 nitrogen and oxygen atoms in total. The van der Waals surface area contributed by atoms with Crippen molar-refractivity contribution in [1.82, 2.24) is 14.8 Å².